The number of hydrogen-bond donors (Lipinski definition) is 2. The fourth-order valence-corrected chi connectivity index (χ4v) is 7.05. The summed E-state index contributed by atoms with van der Waals surface area (Å²) < 4.78 is 24.1. The predicted octanol–water partition coefficient (Wildman–Crippen LogP) is 5.08. The Morgan fingerprint density at radius 1 is 1.18 bits per heavy atom. The summed E-state index contributed by atoms with van der Waals surface area (Å²) in [4.78, 5) is 36.1. The van der Waals surface area contributed by atoms with Gasteiger partial charge in [0.05, 0.1) is 31.5 Å². The van der Waals surface area contributed by atoms with Gasteiger partial charge in [-0.1, -0.05) is 30.3 Å². The monoisotopic (exact) mass is 568 g/mol. The molecule has 216 valence electrons. The maximum absolute atomic E-state index is 13.6. The van der Waals surface area contributed by atoms with Crippen molar-refractivity contribution in [2.45, 2.75) is 64.5 Å². The van der Waals surface area contributed by atoms with Crippen LogP contribution in [0.15, 0.2) is 54.9 Å². The average molecular weight is 569 g/mol. The molecule has 1 aliphatic rings. The molecule has 3 atom stereocenters. The highest BCUT2D eigenvalue weighted by molar-refractivity contribution is 7.53. The summed E-state index contributed by atoms with van der Waals surface area (Å²) in [6.07, 6.45) is 6.11. The first kappa shape index (κ1) is 30.1. The molecule has 2 aromatic heterocycles. The van der Waals surface area contributed by atoms with Gasteiger partial charge in [0.25, 0.3) is 0 Å². The molecule has 1 aliphatic heterocycles. The normalized spacial score (nSPS) is 19.0. The van der Waals surface area contributed by atoms with Crippen LogP contribution in [-0.2, 0) is 29.6 Å². The molecule has 9 nitrogen and oxygen atoms in total. The van der Waals surface area contributed by atoms with Crippen LogP contribution in [0.25, 0.3) is 10.9 Å². The van der Waals surface area contributed by atoms with Crippen molar-refractivity contribution in [1.82, 2.24) is 20.2 Å². The maximum Gasteiger partial charge on any atom is 0.331 e. The third-order valence-electron chi connectivity index (χ3n) is 7.56. The highest BCUT2D eigenvalue weighted by atomic mass is 31.2. The Labute approximate surface area is 236 Å². The molecule has 0 aliphatic carbocycles. The van der Waals surface area contributed by atoms with Crippen LogP contribution >= 0.6 is 7.60 Å². The number of carbonyl (C=O) groups is 2. The van der Waals surface area contributed by atoms with Crippen LogP contribution in [0.1, 0.15) is 57.2 Å². The van der Waals surface area contributed by atoms with Gasteiger partial charge in [0, 0.05) is 42.0 Å². The zero-order valence-electron chi connectivity index (χ0n) is 23.7. The van der Waals surface area contributed by atoms with Crippen LogP contribution in [0.4, 0.5) is 0 Å². The molecule has 10 heteroatoms. The minimum Gasteiger partial charge on any atom is -0.358 e. The lowest BCUT2D eigenvalue weighted by molar-refractivity contribution is -0.132. The van der Waals surface area contributed by atoms with E-state index < -0.39 is 19.7 Å². The van der Waals surface area contributed by atoms with Crippen LogP contribution in [0.3, 0.4) is 0 Å². The third kappa shape index (κ3) is 7.88. The predicted molar refractivity (Wildman–Crippen MR) is 157 cm³/mol. The van der Waals surface area contributed by atoms with Crippen molar-refractivity contribution < 1.29 is 23.2 Å². The number of pyridine rings is 1. The van der Waals surface area contributed by atoms with E-state index in [4.69, 9.17) is 9.05 Å². The van der Waals surface area contributed by atoms with Crippen molar-refractivity contribution in [3.8, 4) is 0 Å². The van der Waals surface area contributed by atoms with Gasteiger partial charge in [-0.25, -0.2) is 0 Å². The number of piperidine rings is 1. The smallest absolute Gasteiger partial charge is 0.331 e. The molecular weight excluding hydrogens is 527 g/mol. The number of rotatable bonds is 14. The van der Waals surface area contributed by atoms with Gasteiger partial charge in [-0.15, -0.1) is 0 Å². The number of hydrogen-bond acceptors (Lipinski definition) is 7. The third-order valence-corrected chi connectivity index (χ3v) is 9.61. The van der Waals surface area contributed by atoms with Crippen molar-refractivity contribution in [1.29, 1.82) is 0 Å². The second-order valence-electron chi connectivity index (χ2n) is 10.3. The van der Waals surface area contributed by atoms with Crippen LogP contribution < -0.4 is 5.32 Å². The second kappa shape index (κ2) is 14.2. The van der Waals surface area contributed by atoms with E-state index >= 15 is 0 Å². The van der Waals surface area contributed by atoms with Crippen molar-refractivity contribution in [2.75, 3.05) is 32.5 Å². The van der Waals surface area contributed by atoms with Crippen LogP contribution in [-0.4, -0.2) is 71.1 Å². The Balaban J connectivity index is 1.40. The molecule has 2 N–H and O–H groups in total. The summed E-state index contributed by atoms with van der Waals surface area (Å²) in [5.74, 6) is 0.0198. The summed E-state index contributed by atoms with van der Waals surface area (Å²) >= 11 is 0. The summed E-state index contributed by atoms with van der Waals surface area (Å²) in [6, 6.07) is 13.1. The zero-order valence-corrected chi connectivity index (χ0v) is 24.6. The molecule has 0 saturated carbocycles. The molecule has 1 fully saturated rings. The van der Waals surface area contributed by atoms with E-state index in [9.17, 15) is 14.2 Å². The van der Waals surface area contributed by atoms with E-state index in [-0.39, 0.29) is 23.8 Å². The Hall–Kier alpha value is -2.84. The molecule has 1 saturated heterocycles. The van der Waals surface area contributed by atoms with Gasteiger partial charge in [0.2, 0.25) is 5.91 Å². The van der Waals surface area contributed by atoms with Crippen molar-refractivity contribution in [3.05, 3.63) is 66.1 Å². The first-order valence-corrected chi connectivity index (χ1v) is 16.0. The summed E-state index contributed by atoms with van der Waals surface area (Å²) in [7, 11) is -3.24. The number of H-pyrrole nitrogens is 1. The number of aromatic nitrogens is 2. The van der Waals surface area contributed by atoms with Gasteiger partial charge in [-0.3, -0.25) is 24.0 Å². The molecule has 0 radical (unpaired) electrons. The number of Topliss-reactive ketones (excluding diaryl/α,β-unsaturated/α-hetero) is 1. The van der Waals surface area contributed by atoms with Crippen molar-refractivity contribution >= 4 is 30.2 Å². The Kier molecular flexibility index (Phi) is 10.7. The number of ketones is 1. The lowest BCUT2D eigenvalue weighted by Gasteiger charge is -2.39. The molecule has 40 heavy (non-hydrogen) atoms. The van der Waals surface area contributed by atoms with E-state index in [2.05, 4.69) is 32.3 Å². The number of nitrogens with one attached hydrogen (secondary N) is 2. The number of aryl methyl sites for hydroxylation is 1. The number of carbonyl (C=O) groups excluding carboxylic acids is 2. The maximum atomic E-state index is 13.6. The Bertz CT molecular complexity index is 1270. The fraction of sp³-hybridized carbons (Fsp3) is 0.500. The summed E-state index contributed by atoms with van der Waals surface area (Å²) in [5, 5.41) is 3.99. The number of aromatic amines is 1. The number of likely N-dealkylation sites (tertiary alicyclic amines) is 1. The van der Waals surface area contributed by atoms with Gasteiger partial charge >= 0.3 is 7.60 Å². The number of amides is 1. The molecule has 3 aromatic rings. The Morgan fingerprint density at radius 3 is 2.62 bits per heavy atom. The van der Waals surface area contributed by atoms with E-state index in [1.165, 1.54) is 5.56 Å². The number of nitrogens with zero attached hydrogens (tertiary/aromatic N) is 2. The molecular formula is C30H41N4O5P. The fourth-order valence-electron chi connectivity index (χ4n) is 5.42. The van der Waals surface area contributed by atoms with Gasteiger partial charge in [-0.2, -0.15) is 0 Å². The van der Waals surface area contributed by atoms with Crippen LogP contribution in [0.5, 0.6) is 0 Å². The van der Waals surface area contributed by atoms with E-state index in [1.807, 2.05) is 30.3 Å². The first-order valence-electron chi connectivity index (χ1n) is 14.2. The first-order chi connectivity index (χ1) is 19.3. The second-order valence-corrected chi connectivity index (χ2v) is 12.5. The topological polar surface area (TPSA) is 114 Å². The van der Waals surface area contributed by atoms with Gasteiger partial charge in [0.1, 0.15) is 0 Å². The van der Waals surface area contributed by atoms with Crippen molar-refractivity contribution in [2.24, 2.45) is 0 Å². The quantitative estimate of drug-likeness (QED) is 0.261. The largest absolute Gasteiger partial charge is 0.358 e. The van der Waals surface area contributed by atoms with Gasteiger partial charge < -0.3 is 19.3 Å². The van der Waals surface area contributed by atoms with E-state index in [0.29, 0.717) is 45.6 Å². The number of benzene rings is 1. The average Bonchev–Trinajstić information content (AvgIpc) is 3.38. The molecule has 1 aromatic carbocycles. The molecule has 0 spiro atoms. The zero-order chi connectivity index (χ0) is 28.5. The molecule has 3 heterocycles. The summed E-state index contributed by atoms with van der Waals surface area (Å²) in [5.41, 5.74) is 3.15. The Morgan fingerprint density at radius 2 is 1.93 bits per heavy atom. The highest BCUT2D eigenvalue weighted by Gasteiger charge is 2.36. The molecule has 4 rings (SSSR count). The minimum atomic E-state index is -3.24. The van der Waals surface area contributed by atoms with Crippen LogP contribution in [0.2, 0.25) is 0 Å². The van der Waals surface area contributed by atoms with E-state index in [0.717, 1.165) is 23.0 Å². The van der Waals surface area contributed by atoms with E-state index in [1.54, 1.807) is 33.2 Å². The lowest BCUT2D eigenvalue weighted by Crippen LogP contribution is -2.54. The molecule has 0 unspecified atom stereocenters. The van der Waals surface area contributed by atoms with Crippen molar-refractivity contribution in [3.63, 3.8) is 0 Å². The van der Waals surface area contributed by atoms with Crippen LogP contribution in [0, 0.1) is 0 Å². The molecule has 0 bridgehead atoms. The SMILES string of the molecule is CCOP(=O)(CCN1CC[C@H](c2ccccc2)C[C@@H]1C(=O)N[C@@H](C)C(=O)CCc1cc2cnccc2[nH]1)OCC. The lowest BCUT2D eigenvalue weighted by atomic mass is 9.85. The van der Waals surface area contributed by atoms with Gasteiger partial charge in [-0.05, 0) is 70.2 Å². The highest BCUT2D eigenvalue weighted by Crippen LogP contribution is 2.48. The number of fused-ring (bicyclic) bond motifs is 1. The standard InChI is InChI=1S/C30H41N4O5P/c1-4-38-40(37,39-5-2)18-17-34-16-14-24(23-9-7-6-8-10-23)20-28(34)30(36)32-22(3)29(35)12-11-26-19-25-21-31-15-13-27(25)33-26/h6-10,13,15,19,21-22,24,28,33H,4-5,11-12,14,16-18,20H2,1-3H3,(H,32,36)/t22-,24-,28+/m0/s1. The minimum absolute atomic E-state index is 0.0238. The van der Waals surface area contributed by atoms with Gasteiger partial charge in [0.15, 0.2) is 5.78 Å². The summed E-state index contributed by atoms with van der Waals surface area (Å²) in [6.45, 7) is 7.01. The molecule has 1 amide bonds.